The molecule has 22 heavy (non-hydrogen) atoms. The van der Waals surface area contributed by atoms with Crippen LogP contribution in [0.25, 0.3) is 0 Å². The standard InChI is InChI=1S/C16H27NO5/c1-10(2)12-9-17(15(20)22-16(3,4)5)13(14(19)21-6)11(12)7-8-18/h11,13,18H,7-9H2,1-6H3/t11-,13-/m0/s1. The Morgan fingerprint density at radius 3 is 2.32 bits per heavy atom. The Bertz CT molecular complexity index is 460. The summed E-state index contributed by atoms with van der Waals surface area (Å²) in [4.78, 5) is 26.0. The van der Waals surface area contributed by atoms with Crippen LogP contribution in [-0.4, -0.2) is 54.0 Å². The fourth-order valence-electron chi connectivity index (χ4n) is 2.72. The molecule has 1 amide bonds. The van der Waals surface area contributed by atoms with E-state index in [1.54, 1.807) is 20.8 Å². The number of allylic oxidation sites excluding steroid dienone is 1. The Hall–Kier alpha value is -1.56. The minimum absolute atomic E-state index is 0.0584. The van der Waals surface area contributed by atoms with Crippen LogP contribution in [0.4, 0.5) is 4.79 Å². The first-order chi connectivity index (χ1) is 10.1. The molecule has 1 fully saturated rings. The van der Waals surface area contributed by atoms with E-state index in [9.17, 15) is 14.7 Å². The molecule has 1 heterocycles. The highest BCUT2D eigenvalue weighted by Crippen LogP contribution is 2.35. The van der Waals surface area contributed by atoms with Crippen molar-refractivity contribution >= 4 is 12.1 Å². The Morgan fingerprint density at radius 1 is 1.32 bits per heavy atom. The van der Waals surface area contributed by atoms with Crippen LogP contribution in [0, 0.1) is 5.92 Å². The van der Waals surface area contributed by atoms with Gasteiger partial charge in [-0.15, -0.1) is 0 Å². The van der Waals surface area contributed by atoms with Crippen molar-refractivity contribution in [3.05, 3.63) is 11.1 Å². The SMILES string of the molecule is COC(=O)[C@@H]1[C@@H](CCO)C(=C(C)C)CN1C(=O)OC(C)(C)C. The van der Waals surface area contributed by atoms with Crippen LogP contribution >= 0.6 is 0 Å². The van der Waals surface area contributed by atoms with Gasteiger partial charge in [0.05, 0.1) is 7.11 Å². The third-order valence-corrected chi connectivity index (χ3v) is 3.66. The van der Waals surface area contributed by atoms with E-state index in [4.69, 9.17) is 9.47 Å². The molecule has 2 atom stereocenters. The van der Waals surface area contributed by atoms with Crippen LogP contribution in [0.2, 0.25) is 0 Å². The summed E-state index contributed by atoms with van der Waals surface area (Å²) < 4.78 is 10.3. The molecule has 0 radical (unpaired) electrons. The highest BCUT2D eigenvalue weighted by atomic mass is 16.6. The molecule has 126 valence electrons. The number of ether oxygens (including phenoxy) is 2. The lowest BCUT2D eigenvalue weighted by molar-refractivity contribution is -0.147. The second-order valence-electron chi connectivity index (χ2n) is 6.72. The number of likely N-dealkylation sites (tertiary alicyclic amines) is 1. The van der Waals surface area contributed by atoms with E-state index in [0.717, 1.165) is 11.1 Å². The van der Waals surface area contributed by atoms with Crippen LogP contribution in [0.5, 0.6) is 0 Å². The summed E-state index contributed by atoms with van der Waals surface area (Å²) in [6, 6.07) is -0.753. The average molecular weight is 313 g/mol. The van der Waals surface area contributed by atoms with Gasteiger partial charge in [0, 0.05) is 19.1 Å². The lowest BCUT2D eigenvalue weighted by Gasteiger charge is -2.28. The van der Waals surface area contributed by atoms with E-state index in [1.165, 1.54) is 12.0 Å². The number of hydrogen-bond donors (Lipinski definition) is 1. The minimum atomic E-state index is -0.753. The van der Waals surface area contributed by atoms with Crippen molar-refractivity contribution in [1.29, 1.82) is 0 Å². The zero-order chi connectivity index (χ0) is 17.1. The molecule has 0 aliphatic carbocycles. The van der Waals surface area contributed by atoms with Gasteiger partial charge in [-0.3, -0.25) is 4.90 Å². The summed E-state index contributed by atoms with van der Waals surface area (Å²) in [6.07, 6.45) is -0.137. The van der Waals surface area contributed by atoms with Gasteiger partial charge in [0.2, 0.25) is 0 Å². The van der Waals surface area contributed by atoms with Crippen LogP contribution < -0.4 is 0 Å². The largest absolute Gasteiger partial charge is 0.467 e. The summed E-state index contributed by atoms with van der Waals surface area (Å²) >= 11 is 0. The van der Waals surface area contributed by atoms with Gasteiger partial charge < -0.3 is 14.6 Å². The van der Waals surface area contributed by atoms with Crippen LogP contribution in [0.1, 0.15) is 41.0 Å². The van der Waals surface area contributed by atoms with E-state index in [-0.39, 0.29) is 12.5 Å². The molecule has 0 saturated carbocycles. The van der Waals surface area contributed by atoms with Gasteiger partial charge in [0.15, 0.2) is 0 Å². The molecular formula is C16H27NO5. The van der Waals surface area contributed by atoms with Crippen molar-refractivity contribution in [2.75, 3.05) is 20.3 Å². The van der Waals surface area contributed by atoms with E-state index < -0.39 is 23.7 Å². The monoisotopic (exact) mass is 313 g/mol. The Labute approximate surface area is 132 Å². The Kier molecular flexibility index (Phi) is 6.00. The van der Waals surface area contributed by atoms with Crippen molar-refractivity contribution < 1.29 is 24.2 Å². The lowest BCUT2D eigenvalue weighted by Crippen LogP contribution is -2.46. The van der Waals surface area contributed by atoms with E-state index in [0.29, 0.717) is 13.0 Å². The number of esters is 1. The first-order valence-electron chi connectivity index (χ1n) is 7.47. The molecule has 0 bridgehead atoms. The topological polar surface area (TPSA) is 76.1 Å². The molecule has 6 nitrogen and oxygen atoms in total. The fraction of sp³-hybridized carbons (Fsp3) is 0.750. The molecule has 1 aliphatic heterocycles. The van der Waals surface area contributed by atoms with Gasteiger partial charge in [0.25, 0.3) is 0 Å². The third-order valence-electron chi connectivity index (χ3n) is 3.66. The first-order valence-corrected chi connectivity index (χ1v) is 7.47. The molecule has 0 spiro atoms. The maximum Gasteiger partial charge on any atom is 0.411 e. The number of hydrogen-bond acceptors (Lipinski definition) is 5. The van der Waals surface area contributed by atoms with Crippen molar-refractivity contribution in [3.8, 4) is 0 Å². The third kappa shape index (κ3) is 4.22. The normalized spacial score (nSPS) is 21.8. The lowest BCUT2D eigenvalue weighted by atomic mass is 9.90. The molecule has 0 aromatic rings. The van der Waals surface area contributed by atoms with Gasteiger partial charge in [-0.1, -0.05) is 5.57 Å². The molecule has 0 unspecified atom stereocenters. The van der Waals surface area contributed by atoms with Crippen molar-refractivity contribution in [2.45, 2.75) is 52.7 Å². The number of aliphatic hydroxyl groups excluding tert-OH is 1. The smallest absolute Gasteiger partial charge is 0.411 e. The van der Waals surface area contributed by atoms with Crippen LogP contribution in [0.3, 0.4) is 0 Å². The van der Waals surface area contributed by atoms with Crippen molar-refractivity contribution in [1.82, 2.24) is 4.90 Å². The summed E-state index contributed by atoms with van der Waals surface area (Å²) in [5.74, 6) is -0.726. The summed E-state index contributed by atoms with van der Waals surface area (Å²) in [6.45, 7) is 9.47. The highest BCUT2D eigenvalue weighted by Gasteiger charge is 2.46. The van der Waals surface area contributed by atoms with E-state index >= 15 is 0 Å². The number of carbonyl (C=O) groups excluding carboxylic acids is 2. The summed E-state index contributed by atoms with van der Waals surface area (Å²) in [5, 5.41) is 9.30. The number of methoxy groups -OCH3 is 1. The zero-order valence-electron chi connectivity index (χ0n) is 14.3. The van der Waals surface area contributed by atoms with Crippen LogP contribution in [0.15, 0.2) is 11.1 Å². The van der Waals surface area contributed by atoms with Gasteiger partial charge in [0.1, 0.15) is 11.6 Å². The number of carbonyl (C=O) groups is 2. The van der Waals surface area contributed by atoms with Crippen molar-refractivity contribution in [2.24, 2.45) is 5.92 Å². The maximum atomic E-state index is 12.4. The molecule has 1 rings (SSSR count). The number of amides is 1. The number of nitrogens with zero attached hydrogens (tertiary/aromatic N) is 1. The van der Waals surface area contributed by atoms with E-state index in [1.807, 2.05) is 13.8 Å². The first kappa shape index (κ1) is 18.5. The predicted octanol–water partition coefficient (Wildman–Crippen LogP) is 2.11. The quantitative estimate of drug-likeness (QED) is 0.638. The Balaban J connectivity index is 3.17. The summed E-state index contributed by atoms with van der Waals surface area (Å²) in [5.41, 5.74) is 1.38. The molecule has 1 N–H and O–H groups in total. The van der Waals surface area contributed by atoms with Gasteiger partial charge in [-0.2, -0.15) is 0 Å². The second-order valence-corrected chi connectivity index (χ2v) is 6.72. The minimum Gasteiger partial charge on any atom is -0.467 e. The average Bonchev–Trinajstić information content (AvgIpc) is 2.76. The molecule has 1 saturated heterocycles. The molecule has 1 aliphatic rings. The number of aliphatic hydroxyl groups is 1. The van der Waals surface area contributed by atoms with E-state index in [2.05, 4.69) is 0 Å². The van der Waals surface area contributed by atoms with Crippen LogP contribution in [-0.2, 0) is 14.3 Å². The molecule has 0 aromatic carbocycles. The number of rotatable bonds is 3. The molecule has 0 aromatic heterocycles. The summed E-state index contributed by atoms with van der Waals surface area (Å²) in [7, 11) is 1.30. The van der Waals surface area contributed by atoms with Gasteiger partial charge in [-0.05, 0) is 46.6 Å². The van der Waals surface area contributed by atoms with Gasteiger partial charge in [-0.25, -0.2) is 9.59 Å². The van der Waals surface area contributed by atoms with Gasteiger partial charge >= 0.3 is 12.1 Å². The second kappa shape index (κ2) is 7.13. The molecular weight excluding hydrogens is 286 g/mol. The molecule has 6 heteroatoms. The Morgan fingerprint density at radius 2 is 1.91 bits per heavy atom. The maximum absolute atomic E-state index is 12.4. The van der Waals surface area contributed by atoms with Crippen molar-refractivity contribution in [3.63, 3.8) is 0 Å². The zero-order valence-corrected chi connectivity index (χ0v) is 14.3. The highest BCUT2D eigenvalue weighted by molar-refractivity contribution is 5.84. The fourth-order valence-corrected chi connectivity index (χ4v) is 2.72. The predicted molar refractivity (Wildman–Crippen MR) is 82.3 cm³/mol.